The monoisotopic (exact) mass is 329 g/mol. The van der Waals surface area contributed by atoms with Gasteiger partial charge in [0.05, 0.1) is 10.6 Å². The van der Waals surface area contributed by atoms with Crippen LogP contribution in [0.4, 0.5) is 10.1 Å². The Labute approximate surface area is 129 Å². The number of nitrogens with one attached hydrogen (secondary N) is 1. The summed E-state index contributed by atoms with van der Waals surface area (Å²) in [5, 5.41) is 2.29. The first-order valence-electron chi connectivity index (χ1n) is 7.15. The van der Waals surface area contributed by atoms with E-state index >= 15 is 0 Å². The number of nitrogens with zero attached hydrogens (tertiary/aromatic N) is 1. The molecule has 22 heavy (non-hydrogen) atoms. The lowest BCUT2D eigenvalue weighted by Gasteiger charge is -2.33. The van der Waals surface area contributed by atoms with Gasteiger partial charge in [0.15, 0.2) is 0 Å². The Hall–Kier alpha value is -1.51. The van der Waals surface area contributed by atoms with Gasteiger partial charge in [-0.1, -0.05) is 6.42 Å². The van der Waals surface area contributed by atoms with Crippen molar-refractivity contribution in [3.63, 3.8) is 0 Å². The smallest absolute Gasteiger partial charge is 0.243 e. The maximum Gasteiger partial charge on any atom is 0.243 e. The predicted octanol–water partition coefficient (Wildman–Crippen LogP) is 1.29. The van der Waals surface area contributed by atoms with Crippen molar-refractivity contribution in [3.05, 3.63) is 24.0 Å². The molecule has 122 valence electrons. The standard InChI is InChI=1S/C14H20FN3O3S/c1-10(19)17-14-8-12(5-6-13(14)15)22(20,21)18-7-3-2-4-11(18)9-16/h5-6,8,11H,2-4,7,9,16H2,1H3,(H,17,19). The van der Waals surface area contributed by atoms with Crippen molar-refractivity contribution < 1.29 is 17.6 Å². The number of benzene rings is 1. The highest BCUT2D eigenvalue weighted by Crippen LogP contribution is 2.27. The lowest BCUT2D eigenvalue weighted by molar-refractivity contribution is -0.114. The summed E-state index contributed by atoms with van der Waals surface area (Å²) in [4.78, 5) is 11.0. The average Bonchev–Trinajstić information content (AvgIpc) is 2.48. The molecule has 1 aliphatic rings. The third-order valence-electron chi connectivity index (χ3n) is 3.70. The number of sulfonamides is 1. The molecule has 3 N–H and O–H groups in total. The second-order valence-electron chi connectivity index (χ2n) is 5.32. The van der Waals surface area contributed by atoms with E-state index in [-0.39, 0.29) is 23.2 Å². The molecular weight excluding hydrogens is 309 g/mol. The Kier molecular flexibility index (Phi) is 5.15. The third kappa shape index (κ3) is 3.45. The van der Waals surface area contributed by atoms with Gasteiger partial charge < -0.3 is 11.1 Å². The molecule has 1 aliphatic heterocycles. The van der Waals surface area contributed by atoms with Crippen LogP contribution >= 0.6 is 0 Å². The first-order chi connectivity index (χ1) is 10.4. The van der Waals surface area contributed by atoms with Crippen LogP contribution in [0.25, 0.3) is 0 Å². The summed E-state index contributed by atoms with van der Waals surface area (Å²) in [6, 6.07) is 3.15. The topological polar surface area (TPSA) is 92.5 Å². The van der Waals surface area contributed by atoms with E-state index < -0.39 is 21.7 Å². The zero-order valence-electron chi connectivity index (χ0n) is 12.4. The van der Waals surface area contributed by atoms with Gasteiger partial charge in [-0.3, -0.25) is 4.79 Å². The van der Waals surface area contributed by atoms with Gasteiger partial charge in [-0.2, -0.15) is 4.31 Å². The molecule has 0 bridgehead atoms. The van der Waals surface area contributed by atoms with E-state index in [9.17, 15) is 17.6 Å². The van der Waals surface area contributed by atoms with Crippen molar-refractivity contribution in [2.45, 2.75) is 37.1 Å². The molecule has 8 heteroatoms. The van der Waals surface area contributed by atoms with Crippen molar-refractivity contribution in [1.29, 1.82) is 0 Å². The molecule has 1 aromatic carbocycles. The van der Waals surface area contributed by atoms with Crippen LogP contribution in [0.3, 0.4) is 0 Å². The zero-order valence-corrected chi connectivity index (χ0v) is 13.2. The van der Waals surface area contributed by atoms with Crippen LogP contribution in [0.1, 0.15) is 26.2 Å². The number of carbonyl (C=O) groups excluding carboxylic acids is 1. The number of carbonyl (C=O) groups is 1. The Morgan fingerprint density at radius 3 is 2.82 bits per heavy atom. The van der Waals surface area contributed by atoms with Crippen LogP contribution in [-0.4, -0.2) is 37.8 Å². The molecule has 1 saturated heterocycles. The van der Waals surface area contributed by atoms with Crippen molar-refractivity contribution >= 4 is 21.6 Å². The van der Waals surface area contributed by atoms with Gasteiger partial charge in [-0.05, 0) is 31.0 Å². The van der Waals surface area contributed by atoms with E-state index in [0.717, 1.165) is 31.4 Å². The maximum absolute atomic E-state index is 13.7. The number of anilines is 1. The molecule has 1 fully saturated rings. The zero-order chi connectivity index (χ0) is 16.3. The summed E-state index contributed by atoms with van der Waals surface area (Å²) < 4.78 is 40.5. The van der Waals surface area contributed by atoms with Gasteiger partial charge in [0.2, 0.25) is 15.9 Å². The summed E-state index contributed by atoms with van der Waals surface area (Å²) in [5.41, 5.74) is 5.52. The van der Waals surface area contributed by atoms with E-state index in [1.807, 2.05) is 0 Å². The first-order valence-corrected chi connectivity index (χ1v) is 8.59. The van der Waals surface area contributed by atoms with Crippen molar-refractivity contribution in [2.24, 2.45) is 5.73 Å². The van der Waals surface area contributed by atoms with Crippen LogP contribution in [0.15, 0.2) is 23.1 Å². The van der Waals surface area contributed by atoms with Crippen molar-refractivity contribution in [1.82, 2.24) is 4.31 Å². The molecule has 0 aromatic heterocycles. The van der Waals surface area contributed by atoms with E-state index in [1.54, 1.807) is 0 Å². The summed E-state index contributed by atoms with van der Waals surface area (Å²) in [6.07, 6.45) is 2.43. The van der Waals surface area contributed by atoms with Crippen molar-refractivity contribution in [3.8, 4) is 0 Å². The molecule has 1 aromatic rings. The Bertz CT molecular complexity index is 663. The summed E-state index contributed by atoms with van der Waals surface area (Å²) in [6.45, 7) is 1.88. The van der Waals surface area contributed by atoms with E-state index in [0.29, 0.717) is 6.54 Å². The fourth-order valence-electron chi connectivity index (χ4n) is 2.61. The van der Waals surface area contributed by atoms with Crippen molar-refractivity contribution in [2.75, 3.05) is 18.4 Å². The number of halogens is 1. The quantitative estimate of drug-likeness (QED) is 0.870. The van der Waals surface area contributed by atoms with Crippen LogP contribution < -0.4 is 11.1 Å². The summed E-state index contributed by atoms with van der Waals surface area (Å²) in [7, 11) is -3.76. The Balaban J connectivity index is 2.38. The second kappa shape index (κ2) is 6.72. The third-order valence-corrected chi connectivity index (χ3v) is 5.65. The highest BCUT2D eigenvalue weighted by molar-refractivity contribution is 7.89. The number of hydrogen-bond acceptors (Lipinski definition) is 4. The molecule has 1 amide bonds. The van der Waals surface area contributed by atoms with Gasteiger partial charge in [0, 0.05) is 26.1 Å². The molecule has 0 spiro atoms. The Morgan fingerprint density at radius 1 is 1.45 bits per heavy atom. The highest BCUT2D eigenvalue weighted by atomic mass is 32.2. The second-order valence-corrected chi connectivity index (χ2v) is 7.21. The number of amides is 1. The normalized spacial score (nSPS) is 19.9. The summed E-state index contributed by atoms with van der Waals surface area (Å²) >= 11 is 0. The fourth-order valence-corrected chi connectivity index (χ4v) is 4.34. The highest BCUT2D eigenvalue weighted by Gasteiger charge is 2.33. The predicted molar refractivity (Wildman–Crippen MR) is 81.3 cm³/mol. The number of hydrogen-bond donors (Lipinski definition) is 2. The van der Waals surface area contributed by atoms with E-state index in [2.05, 4.69) is 5.32 Å². The molecule has 0 saturated carbocycles. The van der Waals surface area contributed by atoms with Gasteiger partial charge in [-0.15, -0.1) is 0 Å². The van der Waals surface area contributed by atoms with Gasteiger partial charge in [-0.25, -0.2) is 12.8 Å². The molecule has 0 radical (unpaired) electrons. The SMILES string of the molecule is CC(=O)Nc1cc(S(=O)(=O)N2CCCCC2CN)ccc1F. The van der Waals surface area contributed by atoms with Gasteiger partial charge >= 0.3 is 0 Å². The number of piperidine rings is 1. The lowest BCUT2D eigenvalue weighted by atomic mass is 10.1. The lowest BCUT2D eigenvalue weighted by Crippen LogP contribution is -2.47. The minimum absolute atomic E-state index is 0.0435. The largest absolute Gasteiger partial charge is 0.329 e. The molecule has 0 aliphatic carbocycles. The van der Waals surface area contributed by atoms with E-state index in [1.165, 1.54) is 17.3 Å². The number of rotatable bonds is 4. The number of nitrogens with two attached hydrogens (primary N) is 1. The van der Waals surface area contributed by atoms with Gasteiger partial charge in [0.1, 0.15) is 5.82 Å². The maximum atomic E-state index is 13.7. The molecule has 2 rings (SSSR count). The summed E-state index contributed by atoms with van der Waals surface area (Å²) in [5.74, 6) is -1.14. The van der Waals surface area contributed by atoms with Crippen LogP contribution in [0.2, 0.25) is 0 Å². The van der Waals surface area contributed by atoms with Crippen LogP contribution in [0, 0.1) is 5.82 Å². The molecule has 1 unspecified atom stereocenters. The molecule has 1 heterocycles. The minimum Gasteiger partial charge on any atom is -0.329 e. The molecular formula is C14H20FN3O3S. The van der Waals surface area contributed by atoms with E-state index in [4.69, 9.17) is 5.73 Å². The van der Waals surface area contributed by atoms with Crippen LogP contribution in [-0.2, 0) is 14.8 Å². The van der Waals surface area contributed by atoms with Crippen LogP contribution in [0.5, 0.6) is 0 Å². The first kappa shape index (κ1) is 16.9. The molecule has 1 atom stereocenters. The minimum atomic E-state index is -3.76. The average molecular weight is 329 g/mol. The Morgan fingerprint density at radius 2 is 2.18 bits per heavy atom. The van der Waals surface area contributed by atoms with Gasteiger partial charge in [0.25, 0.3) is 0 Å². The fraction of sp³-hybridized carbons (Fsp3) is 0.500. The molecule has 6 nitrogen and oxygen atoms in total.